The predicted molar refractivity (Wildman–Crippen MR) is 603 cm³/mol. The number of rotatable bonds is 104. The summed E-state index contributed by atoms with van der Waals surface area (Å²) in [6, 6.07) is 0. The van der Waals surface area contributed by atoms with Gasteiger partial charge in [0.15, 0.2) is 0 Å². The Hall–Kier alpha value is -0.720. The van der Waals surface area contributed by atoms with Gasteiger partial charge in [0.05, 0.1) is 48.8 Å². The Morgan fingerprint density at radius 3 is 0.691 bits per heavy atom. The second kappa shape index (κ2) is 118. The van der Waals surface area contributed by atoms with Crippen molar-refractivity contribution in [3.63, 3.8) is 0 Å². The standard InChI is InChI=1S/C47H98N2O2.2C22H48N2O2.C19H42N2O.C8H20N2O/c1-7-10-13-16-19-22-24-26-29-32-36-44(4)41-49(42-46(50)38-34-31-28-25-23-20-17-14-11-8-2)40-35-39-48(6)43-47(51)45(5)37-33-30-27-21-18-15-12-9-3;1-5-7-8-9-10-11-12-13-15-20(3)22(26)19-24(4)17-14-16-23-18-21(25)6-2;1-4-6-7-8-9-10-11-12-13-14-16-22(26)20-24(18-15-17-23-3)19-21(25)5-2;1-5-6-7-8-9-10-11-12-14-18(2)19(22)17-21(4)16-13-15-20-3;1-3-8(11)7-10-6-4-5-9-2/h44-47,50-51H,7-43H2,1-6H3;20-23,25-26H,5-19H2,1-4H3;21-23,25-26H,4-20H2,1-3H3;18-20,22H,5-17H2,1-4H3;8-11H,3-7H2,1-2H3. The van der Waals surface area contributed by atoms with E-state index in [-0.39, 0.29) is 48.8 Å². The third-order valence-corrected chi connectivity index (χ3v) is 28.5. The topological polar surface area (TPSA) is 238 Å². The number of nitrogens with one attached hydrogen (secondary N) is 5. The lowest BCUT2D eigenvalue weighted by molar-refractivity contribution is 0.0628. The molecule has 18 heteroatoms. The van der Waals surface area contributed by atoms with Gasteiger partial charge in [0.2, 0.25) is 0 Å². The Morgan fingerprint density at radius 1 is 0.199 bits per heavy atom. The summed E-state index contributed by atoms with van der Waals surface area (Å²) in [4.78, 5) is 11.6. The Bertz CT molecular complexity index is 2110. The number of likely N-dealkylation sites (N-methyl/N-ethyl adjacent to an activating group) is 3. The highest BCUT2D eigenvalue weighted by atomic mass is 16.3. The summed E-state index contributed by atoms with van der Waals surface area (Å²) < 4.78 is 0. The summed E-state index contributed by atoms with van der Waals surface area (Å²) in [7, 11) is 12.3. The smallest absolute Gasteiger partial charge is 0.0692 e. The van der Waals surface area contributed by atoms with Crippen molar-refractivity contribution >= 4 is 0 Å². The highest BCUT2D eigenvalue weighted by Crippen LogP contribution is 2.24. The van der Waals surface area contributed by atoms with E-state index in [2.05, 4.69) is 141 Å². The summed E-state index contributed by atoms with van der Waals surface area (Å²) in [6.07, 6.45) is 86.0. The average Bonchev–Trinajstić information content (AvgIpc) is 0.925. The highest BCUT2D eigenvalue weighted by molar-refractivity contribution is 4.76. The van der Waals surface area contributed by atoms with Crippen LogP contribution in [0.4, 0.5) is 0 Å². The van der Waals surface area contributed by atoms with Crippen molar-refractivity contribution in [1.29, 1.82) is 0 Å². The van der Waals surface area contributed by atoms with E-state index in [1.807, 2.05) is 41.9 Å². The first-order chi connectivity index (χ1) is 65.9. The number of unbranched alkanes of at least 4 members (excludes halogenated alkanes) is 48. The molecule has 13 N–H and O–H groups in total. The molecule has 0 aliphatic carbocycles. The van der Waals surface area contributed by atoms with E-state index in [1.165, 1.54) is 347 Å². The third-order valence-electron chi connectivity index (χ3n) is 28.5. The molecule has 0 aliphatic heterocycles. The average molecular weight is 1940 g/mol. The SMILES string of the molecule is CCC(O)CNCCCNC.CCCCCCCCCCC(C)C(O)CN(C)CCCNC.CCCCCCCCCCC(C)C(O)CN(C)CCCNCC(O)CC.CCCCCCCCCCCCC(C)CN(CCCN(C)CC(O)C(C)CCCCCCCCCC)CC(O)CCCCCCCCCCCC.CCCCCCCCCCCCC(O)CN(CCCNC)CC(O)CC. The number of nitrogens with zero attached hydrogens (tertiary/aromatic N) is 5. The summed E-state index contributed by atoms with van der Waals surface area (Å²) >= 11 is 0. The van der Waals surface area contributed by atoms with E-state index >= 15 is 0 Å². The molecule has 0 aromatic rings. The van der Waals surface area contributed by atoms with Gasteiger partial charge in [-0.3, -0.25) is 4.90 Å². The normalized spacial score (nSPS) is 14.5. The van der Waals surface area contributed by atoms with Crippen LogP contribution in [0.3, 0.4) is 0 Å². The van der Waals surface area contributed by atoms with Gasteiger partial charge in [-0.1, -0.05) is 437 Å². The van der Waals surface area contributed by atoms with Gasteiger partial charge >= 0.3 is 0 Å². The van der Waals surface area contributed by atoms with Gasteiger partial charge in [-0.2, -0.15) is 0 Å². The predicted octanol–water partition coefficient (Wildman–Crippen LogP) is 26.3. The molecule has 0 bridgehead atoms. The molecule has 0 aromatic heterocycles. The van der Waals surface area contributed by atoms with E-state index in [0.717, 1.165) is 195 Å². The van der Waals surface area contributed by atoms with E-state index < -0.39 is 0 Å². The molecule has 0 radical (unpaired) electrons. The lowest BCUT2D eigenvalue weighted by atomic mass is 9.96. The summed E-state index contributed by atoms with van der Waals surface area (Å²) in [5.74, 6) is 1.86. The Morgan fingerprint density at radius 2 is 0.412 bits per heavy atom. The van der Waals surface area contributed by atoms with Crippen LogP contribution in [0.5, 0.6) is 0 Å². The van der Waals surface area contributed by atoms with Gasteiger partial charge in [-0.25, -0.2) is 0 Å². The second-order valence-electron chi connectivity index (χ2n) is 43.2. The molecule has 826 valence electrons. The minimum absolute atomic E-state index is 0.176. The largest absolute Gasteiger partial charge is 0.392 e. The minimum Gasteiger partial charge on any atom is -0.392 e. The van der Waals surface area contributed by atoms with Gasteiger partial charge in [0.1, 0.15) is 0 Å². The Balaban J connectivity index is -0.000000571. The zero-order valence-electron chi connectivity index (χ0n) is 95.8. The summed E-state index contributed by atoms with van der Waals surface area (Å²) in [5.41, 5.74) is 0. The Kier molecular flexibility index (Phi) is 125. The Labute approximate surface area is 852 Å². The lowest BCUT2D eigenvalue weighted by Gasteiger charge is -2.29. The third kappa shape index (κ3) is 115. The molecule has 136 heavy (non-hydrogen) atoms. The van der Waals surface area contributed by atoms with Gasteiger partial charge in [-0.15, -0.1) is 0 Å². The highest BCUT2D eigenvalue weighted by Gasteiger charge is 2.22. The molecule has 0 heterocycles. The summed E-state index contributed by atoms with van der Waals surface area (Å²) in [6.45, 7) is 45.8. The number of hydrogen-bond acceptors (Lipinski definition) is 18. The van der Waals surface area contributed by atoms with Gasteiger partial charge < -0.3 is 87.0 Å². The monoisotopic (exact) mass is 1940 g/mol. The molecule has 0 saturated carbocycles. The number of hydrogen-bond donors (Lipinski definition) is 13. The minimum atomic E-state index is -0.283. The molecule has 0 saturated heterocycles. The van der Waals surface area contributed by atoms with E-state index in [4.69, 9.17) is 5.11 Å². The maximum absolute atomic E-state index is 11.1. The molecule has 0 aliphatic rings. The molecule has 12 unspecified atom stereocenters. The van der Waals surface area contributed by atoms with E-state index in [0.29, 0.717) is 43.3 Å². The van der Waals surface area contributed by atoms with Crippen molar-refractivity contribution in [2.24, 2.45) is 23.7 Å². The molecule has 0 aromatic carbocycles. The molecular formula is C118H256N10O8. The van der Waals surface area contributed by atoms with Crippen LogP contribution in [0.25, 0.3) is 0 Å². The molecule has 12 atom stereocenters. The number of aliphatic hydroxyl groups excluding tert-OH is 8. The maximum atomic E-state index is 11.1. The van der Waals surface area contributed by atoms with Crippen molar-refractivity contribution in [2.75, 3.05) is 167 Å². The quantitative estimate of drug-likeness (QED) is 0.0254. The van der Waals surface area contributed by atoms with Crippen LogP contribution in [-0.2, 0) is 0 Å². The molecule has 18 nitrogen and oxygen atoms in total. The van der Waals surface area contributed by atoms with Crippen LogP contribution in [-0.4, -0.2) is 281 Å². The van der Waals surface area contributed by atoms with Crippen molar-refractivity contribution in [3.05, 3.63) is 0 Å². The maximum Gasteiger partial charge on any atom is 0.0692 e. The lowest BCUT2D eigenvalue weighted by Crippen LogP contribution is -2.39. The van der Waals surface area contributed by atoms with Gasteiger partial charge in [0, 0.05) is 58.9 Å². The van der Waals surface area contributed by atoms with Crippen LogP contribution in [0, 0.1) is 23.7 Å². The van der Waals surface area contributed by atoms with Crippen LogP contribution in [0.15, 0.2) is 0 Å². The molecule has 0 rings (SSSR count). The van der Waals surface area contributed by atoms with Crippen LogP contribution >= 0.6 is 0 Å². The molecule has 0 spiro atoms. The molecule has 0 amide bonds. The van der Waals surface area contributed by atoms with Gasteiger partial charge in [0.25, 0.3) is 0 Å². The first-order valence-corrected chi connectivity index (χ1v) is 60.2. The van der Waals surface area contributed by atoms with Crippen molar-refractivity contribution < 1.29 is 40.9 Å². The zero-order chi connectivity index (χ0) is 102. The van der Waals surface area contributed by atoms with Crippen molar-refractivity contribution in [2.45, 2.75) is 575 Å². The first-order valence-electron chi connectivity index (χ1n) is 60.2. The fourth-order valence-electron chi connectivity index (χ4n) is 18.4. The van der Waals surface area contributed by atoms with Crippen molar-refractivity contribution in [1.82, 2.24) is 51.1 Å². The summed E-state index contributed by atoms with van der Waals surface area (Å²) in [5, 5.41) is 97.5. The van der Waals surface area contributed by atoms with Gasteiger partial charge in [-0.05, 0) is 221 Å². The van der Waals surface area contributed by atoms with Crippen molar-refractivity contribution in [3.8, 4) is 0 Å². The molecule has 0 fully saturated rings. The fraction of sp³-hybridized carbons (Fsp3) is 1.00. The van der Waals surface area contributed by atoms with Crippen LogP contribution in [0.1, 0.15) is 527 Å². The second-order valence-corrected chi connectivity index (χ2v) is 43.2. The fourth-order valence-corrected chi connectivity index (χ4v) is 18.4. The van der Waals surface area contributed by atoms with Crippen LogP contribution in [0.2, 0.25) is 0 Å². The first kappa shape index (κ1) is 144. The molecular weight excluding hydrogens is 1690 g/mol. The van der Waals surface area contributed by atoms with E-state index in [9.17, 15) is 35.7 Å². The number of aliphatic hydroxyl groups is 8. The van der Waals surface area contributed by atoms with Crippen LogP contribution < -0.4 is 26.6 Å². The zero-order valence-corrected chi connectivity index (χ0v) is 95.8. The van der Waals surface area contributed by atoms with E-state index in [1.54, 1.807) is 0 Å².